The zero-order valence-corrected chi connectivity index (χ0v) is 9.70. The third kappa shape index (κ3) is 2.43. The number of likely N-dealkylation sites (tertiary alicyclic amines) is 1. The van der Waals surface area contributed by atoms with Crippen molar-refractivity contribution in [3.63, 3.8) is 0 Å². The molecule has 96 valence electrons. The van der Waals surface area contributed by atoms with Crippen molar-refractivity contribution in [2.24, 2.45) is 5.73 Å². The van der Waals surface area contributed by atoms with Crippen LogP contribution in [0.3, 0.4) is 0 Å². The summed E-state index contributed by atoms with van der Waals surface area (Å²) in [5, 5.41) is 8.96. The Hall–Kier alpha value is -2.08. The fourth-order valence-corrected chi connectivity index (χ4v) is 1.84. The summed E-state index contributed by atoms with van der Waals surface area (Å²) in [6.45, 7) is 0.383. The van der Waals surface area contributed by atoms with Crippen molar-refractivity contribution in [1.29, 1.82) is 0 Å². The molecule has 6 heteroatoms. The maximum Gasteiger partial charge on any atom is 0.325 e. The van der Waals surface area contributed by atoms with Gasteiger partial charge < -0.3 is 20.2 Å². The molecule has 0 spiro atoms. The van der Waals surface area contributed by atoms with E-state index in [1.807, 2.05) is 0 Å². The van der Waals surface area contributed by atoms with Crippen LogP contribution in [0.5, 0.6) is 0 Å². The molecule has 2 rings (SSSR count). The molecule has 6 nitrogen and oxygen atoms in total. The van der Waals surface area contributed by atoms with Gasteiger partial charge in [0.05, 0.1) is 6.26 Å². The first-order valence-electron chi connectivity index (χ1n) is 5.54. The molecular weight excluding hydrogens is 236 g/mol. The van der Waals surface area contributed by atoms with Crippen molar-refractivity contribution < 1.29 is 19.1 Å². The number of amides is 1. The lowest BCUT2D eigenvalue weighted by Gasteiger charge is -2.18. The SMILES string of the molecule is NC1(C(=O)O)CCN(C(=O)/C=C/c2ccco2)C1. The molecular formula is C12H14N2O4. The average molecular weight is 250 g/mol. The van der Waals surface area contributed by atoms with Gasteiger partial charge in [0, 0.05) is 19.2 Å². The van der Waals surface area contributed by atoms with Crippen molar-refractivity contribution in [2.45, 2.75) is 12.0 Å². The van der Waals surface area contributed by atoms with Crippen LogP contribution in [0.4, 0.5) is 0 Å². The fourth-order valence-electron chi connectivity index (χ4n) is 1.84. The van der Waals surface area contributed by atoms with Crippen molar-refractivity contribution in [3.05, 3.63) is 30.2 Å². The molecule has 1 atom stereocenters. The average Bonchev–Trinajstić information content (AvgIpc) is 2.95. The predicted octanol–water partition coefficient (Wildman–Crippen LogP) is 0.307. The van der Waals surface area contributed by atoms with Gasteiger partial charge in [0.1, 0.15) is 11.3 Å². The number of furan rings is 1. The second kappa shape index (κ2) is 4.66. The molecule has 1 aliphatic rings. The summed E-state index contributed by atoms with van der Waals surface area (Å²) < 4.78 is 5.05. The minimum absolute atomic E-state index is 0.0314. The van der Waals surface area contributed by atoms with Crippen molar-refractivity contribution in [3.8, 4) is 0 Å². The molecule has 1 aromatic heterocycles. The fraction of sp³-hybridized carbons (Fsp3) is 0.333. The smallest absolute Gasteiger partial charge is 0.325 e. The monoisotopic (exact) mass is 250 g/mol. The first-order valence-corrected chi connectivity index (χ1v) is 5.54. The topological polar surface area (TPSA) is 96.8 Å². The van der Waals surface area contributed by atoms with Crippen LogP contribution in [0.2, 0.25) is 0 Å². The van der Waals surface area contributed by atoms with Gasteiger partial charge >= 0.3 is 5.97 Å². The normalized spacial score (nSPS) is 23.7. The van der Waals surface area contributed by atoms with E-state index in [2.05, 4.69) is 0 Å². The molecule has 1 aliphatic heterocycles. The highest BCUT2D eigenvalue weighted by molar-refractivity contribution is 5.92. The van der Waals surface area contributed by atoms with Gasteiger partial charge in [0.25, 0.3) is 0 Å². The quantitative estimate of drug-likeness (QED) is 0.752. The third-order valence-electron chi connectivity index (χ3n) is 2.97. The summed E-state index contributed by atoms with van der Waals surface area (Å²) in [5.74, 6) is -0.771. The number of nitrogens with two attached hydrogens (primary N) is 1. The summed E-state index contributed by atoms with van der Waals surface area (Å²) in [7, 11) is 0. The lowest BCUT2D eigenvalue weighted by Crippen LogP contribution is -2.50. The second-order valence-electron chi connectivity index (χ2n) is 4.32. The molecule has 1 saturated heterocycles. The first kappa shape index (κ1) is 12.4. The third-order valence-corrected chi connectivity index (χ3v) is 2.97. The van der Waals surface area contributed by atoms with Gasteiger partial charge in [-0.3, -0.25) is 9.59 Å². The van der Waals surface area contributed by atoms with E-state index < -0.39 is 11.5 Å². The summed E-state index contributed by atoms with van der Waals surface area (Å²) in [5.41, 5.74) is 4.36. The maximum absolute atomic E-state index is 11.8. The van der Waals surface area contributed by atoms with Crippen molar-refractivity contribution in [1.82, 2.24) is 4.90 Å². The highest BCUT2D eigenvalue weighted by atomic mass is 16.4. The van der Waals surface area contributed by atoms with Crippen LogP contribution in [0.15, 0.2) is 28.9 Å². The number of carboxylic acids is 1. The van der Waals surface area contributed by atoms with E-state index in [1.165, 1.54) is 17.2 Å². The Balaban J connectivity index is 1.98. The van der Waals surface area contributed by atoms with Crippen LogP contribution in [0.1, 0.15) is 12.2 Å². The molecule has 0 saturated carbocycles. The number of hydrogen-bond donors (Lipinski definition) is 2. The van der Waals surface area contributed by atoms with E-state index in [9.17, 15) is 9.59 Å². The Kier molecular flexibility index (Phi) is 3.20. The number of rotatable bonds is 3. The lowest BCUT2D eigenvalue weighted by atomic mass is 10.0. The number of nitrogens with zero attached hydrogens (tertiary/aromatic N) is 1. The molecule has 2 heterocycles. The molecule has 0 aliphatic carbocycles. The molecule has 0 aromatic carbocycles. The Bertz CT molecular complexity index is 480. The highest BCUT2D eigenvalue weighted by Gasteiger charge is 2.42. The van der Waals surface area contributed by atoms with E-state index in [0.717, 1.165) is 0 Å². The second-order valence-corrected chi connectivity index (χ2v) is 4.32. The van der Waals surface area contributed by atoms with Gasteiger partial charge in [-0.05, 0) is 24.6 Å². The number of carboxylic acid groups (broad SMARTS) is 1. The Morgan fingerprint density at radius 2 is 2.33 bits per heavy atom. The minimum atomic E-state index is -1.33. The maximum atomic E-state index is 11.8. The number of carbonyl (C=O) groups is 2. The van der Waals surface area contributed by atoms with Gasteiger partial charge in [-0.1, -0.05) is 0 Å². The summed E-state index contributed by atoms with van der Waals surface area (Å²) >= 11 is 0. The van der Waals surface area contributed by atoms with Crippen molar-refractivity contribution in [2.75, 3.05) is 13.1 Å². The van der Waals surface area contributed by atoms with Gasteiger partial charge in [0.15, 0.2) is 0 Å². The van der Waals surface area contributed by atoms with E-state index in [4.69, 9.17) is 15.3 Å². The van der Waals surface area contributed by atoms with Crippen LogP contribution >= 0.6 is 0 Å². The van der Waals surface area contributed by atoms with Gasteiger partial charge in [-0.2, -0.15) is 0 Å². The predicted molar refractivity (Wildman–Crippen MR) is 63.5 cm³/mol. The lowest BCUT2D eigenvalue weighted by molar-refractivity contribution is -0.142. The summed E-state index contributed by atoms with van der Waals surface area (Å²) in [6.07, 6.45) is 4.67. The van der Waals surface area contributed by atoms with E-state index in [-0.39, 0.29) is 18.9 Å². The molecule has 0 radical (unpaired) electrons. The van der Waals surface area contributed by atoms with Crippen molar-refractivity contribution >= 4 is 18.0 Å². The molecule has 1 amide bonds. The van der Waals surface area contributed by atoms with Crippen LogP contribution in [-0.2, 0) is 9.59 Å². The summed E-state index contributed by atoms with van der Waals surface area (Å²) in [4.78, 5) is 24.2. The molecule has 1 unspecified atom stereocenters. The van der Waals surface area contributed by atoms with E-state index in [1.54, 1.807) is 18.2 Å². The van der Waals surface area contributed by atoms with Crippen LogP contribution in [-0.4, -0.2) is 40.5 Å². The van der Waals surface area contributed by atoms with Gasteiger partial charge in [0.2, 0.25) is 5.91 Å². The van der Waals surface area contributed by atoms with Crippen LogP contribution < -0.4 is 5.73 Å². The van der Waals surface area contributed by atoms with E-state index >= 15 is 0 Å². The molecule has 18 heavy (non-hydrogen) atoms. The van der Waals surface area contributed by atoms with E-state index in [0.29, 0.717) is 12.3 Å². The van der Waals surface area contributed by atoms with Crippen LogP contribution in [0, 0.1) is 0 Å². The number of hydrogen-bond acceptors (Lipinski definition) is 4. The number of aliphatic carboxylic acids is 1. The molecule has 1 aromatic rings. The van der Waals surface area contributed by atoms with Gasteiger partial charge in [-0.15, -0.1) is 0 Å². The highest BCUT2D eigenvalue weighted by Crippen LogP contribution is 2.19. The Morgan fingerprint density at radius 1 is 1.56 bits per heavy atom. The summed E-state index contributed by atoms with van der Waals surface area (Å²) in [6, 6.07) is 3.44. The largest absolute Gasteiger partial charge is 0.480 e. The zero-order valence-electron chi connectivity index (χ0n) is 9.70. The number of carbonyl (C=O) groups excluding carboxylic acids is 1. The molecule has 1 fully saturated rings. The van der Waals surface area contributed by atoms with Crippen LogP contribution in [0.25, 0.3) is 6.08 Å². The first-order chi connectivity index (χ1) is 8.51. The molecule has 0 bridgehead atoms. The molecule has 3 N–H and O–H groups in total. The van der Waals surface area contributed by atoms with Gasteiger partial charge in [-0.25, -0.2) is 0 Å². The zero-order chi connectivity index (χ0) is 13.2. The Labute approximate surface area is 104 Å². The minimum Gasteiger partial charge on any atom is -0.480 e. The standard InChI is InChI=1S/C12H14N2O4/c13-12(11(16)17)5-6-14(8-12)10(15)4-3-9-2-1-7-18-9/h1-4,7H,5-6,8,13H2,(H,16,17)/b4-3+. The Morgan fingerprint density at radius 3 is 2.89 bits per heavy atom.